The minimum atomic E-state index is -0.388. The van der Waals surface area contributed by atoms with Gasteiger partial charge in [-0.1, -0.05) is 0 Å². The lowest BCUT2D eigenvalue weighted by molar-refractivity contribution is 0.0655. The first-order valence-corrected chi connectivity index (χ1v) is 5.29. The number of aliphatic hydroxyl groups is 1. The van der Waals surface area contributed by atoms with Crippen molar-refractivity contribution in [3.63, 3.8) is 0 Å². The number of halogens is 1. The highest BCUT2D eigenvalue weighted by Crippen LogP contribution is 2.20. The van der Waals surface area contributed by atoms with Crippen molar-refractivity contribution in [3.05, 3.63) is 20.8 Å². The molecule has 0 saturated carbocycles. The van der Waals surface area contributed by atoms with Crippen molar-refractivity contribution in [1.82, 2.24) is 0 Å². The number of hydrogen-bond acceptors (Lipinski definition) is 3. The van der Waals surface area contributed by atoms with Gasteiger partial charge >= 0.3 is 0 Å². The van der Waals surface area contributed by atoms with Crippen molar-refractivity contribution in [2.75, 3.05) is 13.7 Å². The predicted molar refractivity (Wildman–Crippen MR) is 53.6 cm³/mol. The topological polar surface area (TPSA) is 29.5 Å². The molecule has 0 saturated heterocycles. The fourth-order valence-corrected chi connectivity index (χ4v) is 2.47. The molecule has 2 nitrogen and oxygen atoms in total. The first-order valence-electron chi connectivity index (χ1n) is 3.62. The van der Waals surface area contributed by atoms with E-state index in [2.05, 4.69) is 15.9 Å². The van der Waals surface area contributed by atoms with E-state index in [9.17, 15) is 5.11 Å². The van der Waals surface area contributed by atoms with E-state index in [0.717, 1.165) is 4.47 Å². The predicted octanol–water partition coefficient (Wildman–Crippen LogP) is 2.06. The monoisotopic (exact) mass is 250 g/mol. The summed E-state index contributed by atoms with van der Waals surface area (Å²) in [6.45, 7) is 0.398. The summed E-state index contributed by atoms with van der Waals surface area (Å²) in [5.41, 5.74) is 0. The molecule has 0 aliphatic carbocycles. The Morgan fingerprint density at radius 3 is 3.00 bits per heavy atom. The van der Waals surface area contributed by atoms with E-state index in [-0.39, 0.29) is 6.10 Å². The summed E-state index contributed by atoms with van der Waals surface area (Å²) in [7, 11) is 1.59. The minimum Gasteiger partial charge on any atom is -0.390 e. The van der Waals surface area contributed by atoms with E-state index >= 15 is 0 Å². The lowest BCUT2D eigenvalue weighted by atomic mass is 10.2. The number of rotatable bonds is 4. The molecule has 1 heterocycles. The van der Waals surface area contributed by atoms with Crippen LogP contribution in [0.25, 0.3) is 0 Å². The van der Waals surface area contributed by atoms with Crippen LogP contribution in [0.3, 0.4) is 0 Å². The number of ether oxygens (including phenoxy) is 1. The summed E-state index contributed by atoms with van der Waals surface area (Å²) >= 11 is 5.00. The van der Waals surface area contributed by atoms with Crippen LogP contribution in [0.4, 0.5) is 0 Å². The van der Waals surface area contributed by atoms with Crippen LogP contribution in [0.2, 0.25) is 0 Å². The molecule has 1 rings (SSSR count). The van der Waals surface area contributed by atoms with Crippen LogP contribution in [-0.4, -0.2) is 24.9 Å². The minimum absolute atomic E-state index is 0.388. The summed E-state index contributed by atoms with van der Waals surface area (Å²) in [6.07, 6.45) is 0.282. The molecule has 1 N–H and O–H groups in total. The zero-order valence-corrected chi connectivity index (χ0v) is 9.19. The van der Waals surface area contributed by atoms with Crippen molar-refractivity contribution in [2.45, 2.75) is 12.5 Å². The average molecular weight is 251 g/mol. The SMILES string of the molecule is COCC(O)Cc1cc(Br)cs1. The molecule has 0 fully saturated rings. The third-order valence-electron chi connectivity index (χ3n) is 1.42. The Morgan fingerprint density at radius 2 is 2.50 bits per heavy atom. The summed E-state index contributed by atoms with van der Waals surface area (Å²) in [5.74, 6) is 0. The first kappa shape index (κ1) is 10.2. The molecule has 1 atom stereocenters. The van der Waals surface area contributed by atoms with Gasteiger partial charge in [-0.3, -0.25) is 0 Å². The highest BCUT2D eigenvalue weighted by molar-refractivity contribution is 9.10. The van der Waals surface area contributed by atoms with Gasteiger partial charge in [-0.2, -0.15) is 0 Å². The second-order valence-corrected chi connectivity index (χ2v) is 4.46. The molecule has 12 heavy (non-hydrogen) atoms. The molecule has 0 radical (unpaired) electrons. The second-order valence-electron chi connectivity index (χ2n) is 2.54. The molecule has 0 aromatic carbocycles. The smallest absolute Gasteiger partial charge is 0.0821 e. The molecule has 0 aliphatic heterocycles. The average Bonchev–Trinajstić information content (AvgIpc) is 2.36. The molecule has 1 aromatic rings. The van der Waals surface area contributed by atoms with Crippen molar-refractivity contribution in [2.24, 2.45) is 0 Å². The van der Waals surface area contributed by atoms with E-state index in [4.69, 9.17) is 4.74 Å². The molecular formula is C8H11BrO2S. The Morgan fingerprint density at radius 1 is 1.75 bits per heavy atom. The second kappa shape index (κ2) is 4.97. The Bertz CT molecular complexity index is 237. The van der Waals surface area contributed by atoms with Gasteiger partial charge in [0, 0.05) is 28.3 Å². The van der Waals surface area contributed by atoms with Crippen molar-refractivity contribution < 1.29 is 9.84 Å². The Kier molecular flexibility index (Phi) is 4.21. The van der Waals surface area contributed by atoms with Gasteiger partial charge in [0.1, 0.15) is 0 Å². The lowest BCUT2D eigenvalue weighted by Crippen LogP contribution is -2.16. The zero-order chi connectivity index (χ0) is 8.97. The maximum Gasteiger partial charge on any atom is 0.0821 e. The lowest BCUT2D eigenvalue weighted by Gasteiger charge is -2.06. The van der Waals surface area contributed by atoms with Gasteiger partial charge in [-0.05, 0) is 22.0 Å². The number of hydrogen-bond donors (Lipinski definition) is 1. The quantitative estimate of drug-likeness (QED) is 0.887. The molecule has 0 amide bonds. The molecule has 1 aromatic heterocycles. The summed E-state index contributed by atoms with van der Waals surface area (Å²) in [6, 6.07) is 2.02. The standard InChI is InChI=1S/C8H11BrO2S/c1-11-4-7(10)3-8-2-6(9)5-12-8/h2,5,7,10H,3-4H2,1H3. The van der Waals surface area contributed by atoms with Crippen LogP contribution >= 0.6 is 27.3 Å². The summed E-state index contributed by atoms with van der Waals surface area (Å²) in [4.78, 5) is 1.17. The largest absolute Gasteiger partial charge is 0.390 e. The maximum atomic E-state index is 9.38. The summed E-state index contributed by atoms with van der Waals surface area (Å²) in [5, 5.41) is 11.4. The van der Waals surface area contributed by atoms with Gasteiger partial charge in [0.15, 0.2) is 0 Å². The van der Waals surface area contributed by atoms with E-state index in [1.165, 1.54) is 4.88 Å². The van der Waals surface area contributed by atoms with Gasteiger partial charge in [0.05, 0.1) is 12.7 Å². The Balaban J connectivity index is 2.41. The van der Waals surface area contributed by atoms with Crippen LogP contribution in [0.15, 0.2) is 15.9 Å². The zero-order valence-electron chi connectivity index (χ0n) is 6.79. The highest BCUT2D eigenvalue weighted by atomic mass is 79.9. The van der Waals surface area contributed by atoms with Gasteiger partial charge in [-0.25, -0.2) is 0 Å². The van der Waals surface area contributed by atoms with Gasteiger partial charge in [-0.15, -0.1) is 11.3 Å². The van der Waals surface area contributed by atoms with Gasteiger partial charge < -0.3 is 9.84 Å². The van der Waals surface area contributed by atoms with Crippen LogP contribution in [0.1, 0.15) is 4.88 Å². The van der Waals surface area contributed by atoms with E-state index in [1.54, 1.807) is 18.4 Å². The van der Waals surface area contributed by atoms with Crippen molar-refractivity contribution in [1.29, 1.82) is 0 Å². The fraction of sp³-hybridized carbons (Fsp3) is 0.500. The molecule has 0 spiro atoms. The van der Waals surface area contributed by atoms with Crippen LogP contribution in [-0.2, 0) is 11.2 Å². The Hall–Kier alpha value is 0.1000. The Labute approximate surface area is 84.3 Å². The van der Waals surface area contributed by atoms with Crippen molar-refractivity contribution in [3.8, 4) is 0 Å². The van der Waals surface area contributed by atoms with E-state index < -0.39 is 0 Å². The van der Waals surface area contributed by atoms with Gasteiger partial charge in [0.2, 0.25) is 0 Å². The highest BCUT2D eigenvalue weighted by Gasteiger charge is 2.06. The van der Waals surface area contributed by atoms with Crippen LogP contribution in [0.5, 0.6) is 0 Å². The molecule has 1 unspecified atom stereocenters. The first-order chi connectivity index (χ1) is 5.72. The third kappa shape index (κ3) is 3.23. The van der Waals surface area contributed by atoms with Crippen LogP contribution in [0, 0.1) is 0 Å². The molecule has 0 bridgehead atoms. The van der Waals surface area contributed by atoms with Gasteiger partial charge in [0.25, 0.3) is 0 Å². The van der Waals surface area contributed by atoms with E-state index in [1.807, 2.05) is 11.4 Å². The van der Waals surface area contributed by atoms with Crippen molar-refractivity contribution >= 4 is 27.3 Å². The number of thiophene rings is 1. The maximum absolute atomic E-state index is 9.38. The molecule has 0 aliphatic rings. The van der Waals surface area contributed by atoms with Crippen LogP contribution < -0.4 is 0 Å². The number of aliphatic hydroxyl groups excluding tert-OH is 1. The molecular weight excluding hydrogens is 240 g/mol. The third-order valence-corrected chi connectivity index (χ3v) is 3.14. The normalized spacial score (nSPS) is 13.2. The molecule has 68 valence electrons. The number of methoxy groups -OCH3 is 1. The van der Waals surface area contributed by atoms with E-state index in [0.29, 0.717) is 13.0 Å². The molecule has 4 heteroatoms. The summed E-state index contributed by atoms with van der Waals surface area (Å²) < 4.78 is 5.90. The fourth-order valence-electron chi connectivity index (χ4n) is 0.944.